The molecule has 0 unspecified atom stereocenters. The van der Waals surface area contributed by atoms with Gasteiger partial charge in [-0.05, 0) is 24.6 Å². The van der Waals surface area contributed by atoms with Gasteiger partial charge in [0, 0.05) is 11.4 Å². The van der Waals surface area contributed by atoms with E-state index >= 15 is 0 Å². The highest BCUT2D eigenvalue weighted by atomic mass is 35.5. The van der Waals surface area contributed by atoms with Crippen LogP contribution in [0.5, 0.6) is 0 Å². The summed E-state index contributed by atoms with van der Waals surface area (Å²) in [6.45, 7) is 1.76. The molecule has 0 fully saturated rings. The van der Waals surface area contributed by atoms with E-state index < -0.39 is 0 Å². The monoisotopic (exact) mass is 220 g/mol. The fourth-order valence-electron chi connectivity index (χ4n) is 1.16. The maximum absolute atomic E-state index is 5.78. The first-order valence-corrected chi connectivity index (χ1v) is 4.89. The van der Waals surface area contributed by atoms with Gasteiger partial charge in [-0.25, -0.2) is 0 Å². The smallest absolute Gasteiger partial charge is 0.132 e. The molecule has 1 aromatic carbocycles. The summed E-state index contributed by atoms with van der Waals surface area (Å²) in [7, 11) is 0. The van der Waals surface area contributed by atoms with Crippen molar-refractivity contribution in [1.29, 1.82) is 0 Å². The second-order valence-corrected chi connectivity index (χ2v) is 3.60. The fourth-order valence-corrected chi connectivity index (χ4v) is 1.28. The highest BCUT2D eigenvalue weighted by Gasteiger charge is 2.00. The Morgan fingerprint density at radius 2 is 1.60 bits per heavy atom. The van der Waals surface area contributed by atoms with Gasteiger partial charge < -0.3 is 0 Å². The topological polar surface area (TPSA) is 51.6 Å². The predicted octanol–water partition coefficient (Wildman–Crippen LogP) is 1.82. The van der Waals surface area contributed by atoms with Crippen LogP contribution < -0.4 is 0 Å². The Kier molecular flexibility index (Phi) is 2.87. The zero-order chi connectivity index (χ0) is 10.7. The highest BCUT2D eigenvalue weighted by molar-refractivity contribution is 6.30. The number of nitrogens with zero attached hydrogens (tertiary/aromatic N) is 4. The molecule has 0 aliphatic carbocycles. The second kappa shape index (κ2) is 4.31. The molecule has 5 heteroatoms. The molecule has 0 bridgehead atoms. The zero-order valence-corrected chi connectivity index (χ0v) is 8.94. The van der Waals surface area contributed by atoms with E-state index in [0.29, 0.717) is 18.1 Å². The van der Waals surface area contributed by atoms with Gasteiger partial charge in [0.1, 0.15) is 0 Å². The Hall–Kier alpha value is -1.55. The molecule has 0 saturated heterocycles. The van der Waals surface area contributed by atoms with Crippen LogP contribution in [0, 0.1) is 6.92 Å². The van der Waals surface area contributed by atoms with Crippen molar-refractivity contribution in [3.8, 4) is 0 Å². The minimum Gasteiger partial charge on any atom is -0.132 e. The Balaban J connectivity index is 2.15. The van der Waals surface area contributed by atoms with Crippen molar-refractivity contribution in [2.24, 2.45) is 0 Å². The van der Waals surface area contributed by atoms with Gasteiger partial charge in [-0.2, -0.15) is 0 Å². The van der Waals surface area contributed by atoms with E-state index in [9.17, 15) is 0 Å². The predicted molar refractivity (Wildman–Crippen MR) is 56.6 cm³/mol. The summed E-state index contributed by atoms with van der Waals surface area (Å²) < 4.78 is 0. The molecule has 0 radical (unpaired) electrons. The first kappa shape index (κ1) is 9.98. The van der Waals surface area contributed by atoms with Crippen LogP contribution in [0.25, 0.3) is 0 Å². The van der Waals surface area contributed by atoms with Crippen LogP contribution in [-0.4, -0.2) is 20.4 Å². The minimum atomic E-state index is 0.579. The summed E-state index contributed by atoms with van der Waals surface area (Å²) >= 11 is 5.78. The molecular weight excluding hydrogens is 212 g/mol. The van der Waals surface area contributed by atoms with Crippen molar-refractivity contribution in [3.63, 3.8) is 0 Å². The normalized spacial score (nSPS) is 10.3. The van der Waals surface area contributed by atoms with Crippen LogP contribution >= 0.6 is 11.6 Å². The molecule has 76 valence electrons. The average molecular weight is 221 g/mol. The average Bonchev–Trinajstić information content (AvgIpc) is 2.25. The molecule has 1 aromatic heterocycles. The summed E-state index contributed by atoms with van der Waals surface area (Å²) in [5.74, 6) is 1.19. The lowest BCUT2D eigenvalue weighted by Crippen LogP contribution is -2.03. The summed E-state index contributed by atoms with van der Waals surface area (Å²) in [5, 5.41) is 16.3. The molecule has 2 aromatic rings. The lowest BCUT2D eigenvalue weighted by atomic mass is 10.1. The summed E-state index contributed by atoms with van der Waals surface area (Å²) in [4.78, 5) is 0. The van der Waals surface area contributed by atoms with Gasteiger partial charge in [0.2, 0.25) is 0 Å². The Morgan fingerprint density at radius 3 is 2.20 bits per heavy atom. The van der Waals surface area contributed by atoms with Gasteiger partial charge in [0.05, 0.1) is 0 Å². The van der Waals surface area contributed by atoms with Crippen molar-refractivity contribution < 1.29 is 0 Å². The molecule has 0 atom stereocenters. The number of rotatable bonds is 2. The van der Waals surface area contributed by atoms with Crippen LogP contribution in [0.4, 0.5) is 0 Å². The van der Waals surface area contributed by atoms with E-state index in [1.54, 1.807) is 6.92 Å². The molecule has 15 heavy (non-hydrogen) atoms. The third kappa shape index (κ3) is 2.70. The lowest BCUT2D eigenvalue weighted by Gasteiger charge is -1.99. The standard InChI is InChI=1S/C10H9ClN4/c1-7-12-14-10(15-13-7)6-8-2-4-9(11)5-3-8/h2-5H,6H2,1H3. The van der Waals surface area contributed by atoms with Crippen molar-refractivity contribution in [3.05, 3.63) is 46.5 Å². The maximum atomic E-state index is 5.78. The maximum Gasteiger partial charge on any atom is 0.177 e. The molecule has 0 aliphatic heterocycles. The van der Waals surface area contributed by atoms with E-state index in [1.807, 2.05) is 24.3 Å². The van der Waals surface area contributed by atoms with Gasteiger partial charge in [-0.15, -0.1) is 20.4 Å². The first-order valence-electron chi connectivity index (χ1n) is 4.51. The molecule has 2 rings (SSSR count). The Labute approximate surface area is 92.3 Å². The van der Waals surface area contributed by atoms with E-state index in [-0.39, 0.29) is 0 Å². The minimum absolute atomic E-state index is 0.579. The number of aryl methyl sites for hydroxylation is 1. The summed E-state index contributed by atoms with van der Waals surface area (Å²) in [5.41, 5.74) is 1.09. The molecule has 0 spiro atoms. The third-order valence-corrected chi connectivity index (χ3v) is 2.15. The van der Waals surface area contributed by atoms with Gasteiger partial charge in [0.25, 0.3) is 0 Å². The molecule has 1 heterocycles. The quantitative estimate of drug-likeness (QED) is 0.775. The largest absolute Gasteiger partial charge is 0.177 e. The number of hydrogen-bond acceptors (Lipinski definition) is 4. The van der Waals surface area contributed by atoms with Gasteiger partial charge in [-0.3, -0.25) is 0 Å². The zero-order valence-electron chi connectivity index (χ0n) is 8.18. The number of halogens is 1. The van der Waals surface area contributed by atoms with Crippen molar-refractivity contribution in [1.82, 2.24) is 20.4 Å². The summed E-state index contributed by atoms with van der Waals surface area (Å²) in [6, 6.07) is 7.55. The Morgan fingerprint density at radius 1 is 1.00 bits per heavy atom. The van der Waals surface area contributed by atoms with Crippen LogP contribution in [0.3, 0.4) is 0 Å². The second-order valence-electron chi connectivity index (χ2n) is 3.17. The van der Waals surface area contributed by atoms with E-state index in [0.717, 1.165) is 10.6 Å². The highest BCUT2D eigenvalue weighted by Crippen LogP contribution is 2.11. The van der Waals surface area contributed by atoms with E-state index in [4.69, 9.17) is 11.6 Å². The van der Waals surface area contributed by atoms with Crippen molar-refractivity contribution >= 4 is 11.6 Å². The SMILES string of the molecule is Cc1nnc(Cc2ccc(Cl)cc2)nn1. The molecule has 0 amide bonds. The van der Waals surface area contributed by atoms with Gasteiger partial charge in [0.15, 0.2) is 11.6 Å². The molecule has 0 N–H and O–H groups in total. The third-order valence-electron chi connectivity index (χ3n) is 1.90. The molecular formula is C10H9ClN4. The van der Waals surface area contributed by atoms with Crippen LogP contribution in [0.2, 0.25) is 5.02 Å². The molecule has 0 aliphatic rings. The molecule has 0 saturated carbocycles. The number of benzene rings is 1. The van der Waals surface area contributed by atoms with Crippen molar-refractivity contribution in [2.45, 2.75) is 13.3 Å². The van der Waals surface area contributed by atoms with E-state index in [1.165, 1.54) is 0 Å². The van der Waals surface area contributed by atoms with Crippen LogP contribution in [0.1, 0.15) is 17.2 Å². The lowest BCUT2D eigenvalue weighted by molar-refractivity contribution is 0.745. The van der Waals surface area contributed by atoms with Gasteiger partial charge in [-0.1, -0.05) is 23.7 Å². The van der Waals surface area contributed by atoms with Gasteiger partial charge >= 0.3 is 0 Å². The van der Waals surface area contributed by atoms with E-state index in [2.05, 4.69) is 20.4 Å². The fraction of sp³-hybridized carbons (Fsp3) is 0.200. The van der Waals surface area contributed by atoms with Crippen LogP contribution in [-0.2, 0) is 6.42 Å². The Bertz CT molecular complexity index is 394. The van der Waals surface area contributed by atoms with Crippen LogP contribution in [0.15, 0.2) is 24.3 Å². The van der Waals surface area contributed by atoms with Crippen molar-refractivity contribution in [2.75, 3.05) is 0 Å². The number of hydrogen-bond donors (Lipinski definition) is 0. The first-order chi connectivity index (χ1) is 7.24. The molecule has 4 nitrogen and oxygen atoms in total. The summed E-state index contributed by atoms with van der Waals surface area (Å²) in [6.07, 6.45) is 0.622. The number of aromatic nitrogens is 4.